The molecule has 1 aromatic heterocycles. The van der Waals surface area contributed by atoms with Crippen molar-refractivity contribution in [1.82, 2.24) is 9.88 Å². The van der Waals surface area contributed by atoms with Gasteiger partial charge in [-0.2, -0.15) is 0 Å². The van der Waals surface area contributed by atoms with E-state index in [-0.39, 0.29) is 17.0 Å². The number of ether oxygens (including phenoxy) is 2. The Labute approximate surface area is 180 Å². The van der Waals surface area contributed by atoms with E-state index in [0.717, 1.165) is 6.07 Å². The lowest BCUT2D eigenvalue weighted by Crippen LogP contribution is -2.47. The molecular formula is C23H18F4N2O3. The van der Waals surface area contributed by atoms with Crippen LogP contribution in [0.2, 0.25) is 0 Å². The monoisotopic (exact) mass is 446 g/mol. The summed E-state index contributed by atoms with van der Waals surface area (Å²) in [6.45, 7) is 1.34. The number of alkyl halides is 3. The van der Waals surface area contributed by atoms with Crippen LogP contribution in [-0.4, -0.2) is 29.8 Å². The van der Waals surface area contributed by atoms with Crippen molar-refractivity contribution in [2.45, 2.75) is 24.8 Å². The summed E-state index contributed by atoms with van der Waals surface area (Å²) >= 11 is 0. The summed E-state index contributed by atoms with van der Waals surface area (Å²) in [6.07, 6.45) is -3.76. The molecule has 2 aliphatic rings. The normalized spacial score (nSPS) is 16.8. The Hall–Kier alpha value is -3.33. The molecule has 2 aliphatic heterocycles. The molecule has 32 heavy (non-hydrogen) atoms. The zero-order valence-electron chi connectivity index (χ0n) is 16.7. The maximum absolute atomic E-state index is 14.0. The second-order valence-electron chi connectivity index (χ2n) is 7.77. The molecule has 5 nitrogen and oxygen atoms in total. The summed E-state index contributed by atoms with van der Waals surface area (Å²) in [7, 11) is 0. The van der Waals surface area contributed by atoms with Crippen molar-refractivity contribution in [2.75, 3.05) is 13.1 Å². The van der Waals surface area contributed by atoms with E-state index in [2.05, 4.69) is 10.1 Å². The fraction of sp³-hybridized carbons (Fsp3) is 0.261. The molecule has 0 aliphatic carbocycles. The number of piperidine rings is 1. The Bertz CT molecular complexity index is 1200. The van der Waals surface area contributed by atoms with Crippen molar-refractivity contribution in [3.8, 4) is 17.2 Å². The van der Waals surface area contributed by atoms with Gasteiger partial charge < -0.3 is 19.4 Å². The number of nitrogens with one attached hydrogen (secondary N) is 1. The zero-order valence-corrected chi connectivity index (χ0v) is 16.7. The van der Waals surface area contributed by atoms with Crippen molar-refractivity contribution >= 4 is 5.78 Å². The third-order valence-corrected chi connectivity index (χ3v) is 5.82. The topological polar surface area (TPSA) is 52.5 Å². The number of hydrogen-bond donors (Lipinski definition) is 1. The van der Waals surface area contributed by atoms with Gasteiger partial charge in [-0.1, -0.05) is 12.1 Å². The van der Waals surface area contributed by atoms with E-state index >= 15 is 0 Å². The van der Waals surface area contributed by atoms with Crippen molar-refractivity contribution in [2.24, 2.45) is 0 Å². The number of para-hydroxylation sites is 1. The summed E-state index contributed by atoms with van der Waals surface area (Å²) in [4.78, 5) is 13.4. The first-order valence-corrected chi connectivity index (χ1v) is 10.1. The summed E-state index contributed by atoms with van der Waals surface area (Å²) in [5, 5.41) is 3.25. The highest BCUT2D eigenvalue weighted by molar-refractivity contribution is 6.10. The molecule has 1 fully saturated rings. The van der Waals surface area contributed by atoms with Crippen LogP contribution >= 0.6 is 0 Å². The lowest BCUT2D eigenvalue weighted by atomic mass is 9.87. The molecule has 3 heterocycles. The lowest BCUT2D eigenvalue weighted by molar-refractivity contribution is -0.274. The molecule has 0 bridgehead atoms. The molecule has 3 aromatic rings. The number of carbonyl (C=O) groups is 1. The number of benzene rings is 2. The maximum Gasteiger partial charge on any atom is 0.573 e. The molecule has 0 saturated carbocycles. The first-order valence-electron chi connectivity index (χ1n) is 10.1. The predicted molar refractivity (Wildman–Crippen MR) is 107 cm³/mol. The second-order valence-corrected chi connectivity index (χ2v) is 7.77. The van der Waals surface area contributed by atoms with E-state index in [1.165, 1.54) is 36.4 Å². The fourth-order valence-corrected chi connectivity index (χ4v) is 4.44. The summed E-state index contributed by atoms with van der Waals surface area (Å²) in [5.41, 5.74) is 0.309. The molecule has 1 saturated heterocycles. The number of carbonyl (C=O) groups excluding carboxylic acids is 1. The average Bonchev–Trinajstić information content (AvgIpc) is 3.19. The molecule has 2 aromatic carbocycles. The van der Waals surface area contributed by atoms with Crippen LogP contribution in [0.3, 0.4) is 0 Å². The fourth-order valence-electron chi connectivity index (χ4n) is 4.44. The summed E-state index contributed by atoms with van der Waals surface area (Å²) in [6, 6.07) is 12.5. The maximum atomic E-state index is 14.0. The van der Waals surface area contributed by atoms with Crippen LogP contribution in [0.25, 0.3) is 5.69 Å². The van der Waals surface area contributed by atoms with E-state index < -0.39 is 29.3 Å². The van der Waals surface area contributed by atoms with Crippen LogP contribution in [0.4, 0.5) is 17.6 Å². The van der Waals surface area contributed by atoms with E-state index in [1.807, 2.05) is 0 Å². The first kappa shape index (κ1) is 20.6. The van der Waals surface area contributed by atoms with Gasteiger partial charge in [-0.05, 0) is 49.5 Å². The SMILES string of the molecule is O=C(c1ccccc1OC(F)(F)F)c1ccc2n1-c1ccc(F)cc1OC21CCNCC1. The molecule has 1 N–H and O–H groups in total. The van der Waals surface area contributed by atoms with Gasteiger partial charge in [0.05, 0.1) is 22.6 Å². The smallest absolute Gasteiger partial charge is 0.479 e. The molecule has 0 radical (unpaired) electrons. The minimum Gasteiger partial charge on any atom is -0.479 e. The Morgan fingerprint density at radius 2 is 1.81 bits per heavy atom. The van der Waals surface area contributed by atoms with Gasteiger partial charge in [-0.25, -0.2) is 4.39 Å². The molecule has 9 heteroatoms. The third kappa shape index (κ3) is 3.42. The number of aromatic nitrogens is 1. The number of nitrogens with zero attached hydrogens (tertiary/aromatic N) is 1. The van der Waals surface area contributed by atoms with Gasteiger partial charge in [0.1, 0.15) is 17.3 Å². The second kappa shape index (κ2) is 7.37. The van der Waals surface area contributed by atoms with Crippen LogP contribution in [-0.2, 0) is 5.60 Å². The molecule has 0 amide bonds. The van der Waals surface area contributed by atoms with Crippen LogP contribution < -0.4 is 14.8 Å². The molecule has 166 valence electrons. The van der Waals surface area contributed by atoms with E-state index in [1.54, 1.807) is 16.7 Å². The number of ketones is 1. The highest BCUT2D eigenvalue weighted by atomic mass is 19.4. The van der Waals surface area contributed by atoms with Crippen molar-refractivity contribution in [3.63, 3.8) is 0 Å². The van der Waals surface area contributed by atoms with Gasteiger partial charge in [0, 0.05) is 18.9 Å². The zero-order chi connectivity index (χ0) is 22.5. The quantitative estimate of drug-likeness (QED) is 0.468. The minimum atomic E-state index is -4.94. The molecule has 0 unspecified atom stereocenters. The van der Waals surface area contributed by atoms with Gasteiger partial charge in [-0.15, -0.1) is 13.2 Å². The number of halogens is 4. The van der Waals surface area contributed by atoms with E-state index in [4.69, 9.17) is 4.74 Å². The van der Waals surface area contributed by atoms with E-state index in [0.29, 0.717) is 37.3 Å². The molecule has 0 atom stereocenters. The summed E-state index contributed by atoms with van der Waals surface area (Å²) in [5.74, 6) is -1.43. The van der Waals surface area contributed by atoms with Gasteiger partial charge in [0.15, 0.2) is 5.60 Å². The molecule has 1 spiro atoms. The molecular weight excluding hydrogens is 428 g/mol. The van der Waals surface area contributed by atoms with Crippen LogP contribution in [0.5, 0.6) is 11.5 Å². The van der Waals surface area contributed by atoms with Crippen LogP contribution in [0, 0.1) is 5.82 Å². The minimum absolute atomic E-state index is 0.146. The van der Waals surface area contributed by atoms with Crippen molar-refractivity contribution in [3.05, 3.63) is 77.4 Å². The lowest BCUT2D eigenvalue weighted by Gasteiger charge is -2.42. The van der Waals surface area contributed by atoms with Gasteiger partial charge in [0.25, 0.3) is 0 Å². The highest BCUT2D eigenvalue weighted by Crippen LogP contribution is 2.45. The highest BCUT2D eigenvalue weighted by Gasteiger charge is 2.44. The average molecular weight is 446 g/mol. The molecule has 5 rings (SSSR count). The van der Waals surface area contributed by atoms with Crippen molar-refractivity contribution in [1.29, 1.82) is 0 Å². The Morgan fingerprint density at radius 3 is 2.56 bits per heavy atom. The van der Waals surface area contributed by atoms with Gasteiger partial charge in [-0.3, -0.25) is 4.79 Å². The predicted octanol–water partition coefficient (Wildman–Crippen LogP) is 4.72. The van der Waals surface area contributed by atoms with Gasteiger partial charge in [0.2, 0.25) is 5.78 Å². The van der Waals surface area contributed by atoms with E-state index in [9.17, 15) is 22.4 Å². The standard InChI is InChI=1S/C23H18F4N2O3/c24-14-5-6-16-19(13-14)31-22(9-11-28-12-10-22)20-8-7-17(29(16)20)21(30)15-3-1-2-4-18(15)32-23(25,26)27/h1-8,13,28H,9-12H2. The number of fused-ring (bicyclic) bond motifs is 4. The van der Waals surface area contributed by atoms with Crippen molar-refractivity contribution < 1.29 is 31.8 Å². The summed E-state index contributed by atoms with van der Waals surface area (Å²) < 4.78 is 64.6. The van der Waals surface area contributed by atoms with Gasteiger partial charge >= 0.3 is 6.36 Å². The third-order valence-electron chi connectivity index (χ3n) is 5.82. The Morgan fingerprint density at radius 1 is 1.06 bits per heavy atom. The van der Waals surface area contributed by atoms with Crippen LogP contribution in [0.15, 0.2) is 54.6 Å². The Kier molecular flexibility index (Phi) is 4.74. The first-order chi connectivity index (χ1) is 15.3. The van der Waals surface area contributed by atoms with Crippen LogP contribution in [0.1, 0.15) is 34.6 Å². The number of rotatable bonds is 3. The number of hydrogen-bond acceptors (Lipinski definition) is 4. The largest absolute Gasteiger partial charge is 0.573 e. The Balaban J connectivity index is 1.66.